The monoisotopic (exact) mass is 287 g/mol. The van der Waals surface area contributed by atoms with Gasteiger partial charge in [0, 0.05) is 19.3 Å². The summed E-state index contributed by atoms with van der Waals surface area (Å²) in [6, 6.07) is 4.18. The first-order chi connectivity index (χ1) is 10.1. The van der Waals surface area contributed by atoms with Crippen molar-refractivity contribution in [2.45, 2.75) is 32.6 Å². The fraction of sp³-hybridized carbons (Fsp3) is 0.562. The van der Waals surface area contributed by atoms with Crippen molar-refractivity contribution < 1.29 is 9.53 Å². The molecule has 0 radical (unpaired) electrons. The van der Waals surface area contributed by atoms with Crippen LogP contribution in [0, 0.1) is 17.2 Å². The van der Waals surface area contributed by atoms with Gasteiger partial charge >= 0.3 is 5.97 Å². The molecular weight excluding hydrogens is 266 g/mol. The third-order valence-corrected chi connectivity index (χ3v) is 3.91. The van der Waals surface area contributed by atoms with E-state index in [-0.39, 0.29) is 11.9 Å². The summed E-state index contributed by atoms with van der Waals surface area (Å²) in [6.45, 7) is 2.29. The molecule has 2 rings (SSSR count). The first-order valence-corrected chi connectivity index (χ1v) is 7.28. The summed E-state index contributed by atoms with van der Waals surface area (Å²) in [4.78, 5) is 18.1. The van der Waals surface area contributed by atoms with E-state index < -0.39 is 0 Å². The van der Waals surface area contributed by atoms with Crippen LogP contribution >= 0.6 is 0 Å². The minimum Gasteiger partial charge on any atom is -0.469 e. The van der Waals surface area contributed by atoms with E-state index in [4.69, 9.17) is 4.74 Å². The zero-order valence-corrected chi connectivity index (χ0v) is 12.8. The molecule has 0 aliphatic heterocycles. The molecule has 0 fully saturated rings. The van der Waals surface area contributed by atoms with Gasteiger partial charge in [-0.3, -0.25) is 4.79 Å². The van der Waals surface area contributed by atoms with Crippen LogP contribution in [0.2, 0.25) is 0 Å². The molecule has 1 aliphatic carbocycles. The van der Waals surface area contributed by atoms with Gasteiger partial charge in [-0.25, -0.2) is 4.98 Å². The largest absolute Gasteiger partial charge is 0.469 e. The van der Waals surface area contributed by atoms with Gasteiger partial charge in [0.1, 0.15) is 11.9 Å². The lowest BCUT2D eigenvalue weighted by molar-refractivity contribution is -0.144. The van der Waals surface area contributed by atoms with E-state index in [0.29, 0.717) is 17.9 Å². The number of aryl methyl sites for hydroxylation is 2. The Hall–Kier alpha value is -2.09. The molecule has 5 heteroatoms. The number of nitrogens with zero attached hydrogens (tertiary/aromatic N) is 3. The Labute approximate surface area is 125 Å². The molecule has 1 unspecified atom stereocenters. The Morgan fingerprint density at radius 2 is 2.24 bits per heavy atom. The average Bonchev–Trinajstić information content (AvgIpc) is 2.52. The fourth-order valence-corrected chi connectivity index (χ4v) is 2.77. The van der Waals surface area contributed by atoms with Crippen LogP contribution in [-0.4, -0.2) is 31.7 Å². The van der Waals surface area contributed by atoms with Gasteiger partial charge in [0.15, 0.2) is 0 Å². The Bertz CT molecular complexity index is 578. The lowest BCUT2D eigenvalue weighted by atomic mass is 9.95. The average molecular weight is 287 g/mol. The van der Waals surface area contributed by atoms with Gasteiger partial charge in [-0.2, -0.15) is 5.26 Å². The van der Waals surface area contributed by atoms with Crippen LogP contribution in [0.5, 0.6) is 0 Å². The Morgan fingerprint density at radius 3 is 2.90 bits per heavy atom. The standard InChI is InChI=1S/C16H21N3O2/c1-11(16(20)21-3)10-19(2)15-13(9-17)8-12-6-4-5-7-14(12)18-15/h8,11H,4-7,10H2,1-3H3. The summed E-state index contributed by atoms with van der Waals surface area (Å²) >= 11 is 0. The highest BCUT2D eigenvalue weighted by molar-refractivity contribution is 5.72. The van der Waals surface area contributed by atoms with Gasteiger partial charge in [-0.15, -0.1) is 0 Å². The molecule has 1 atom stereocenters. The second kappa shape index (κ2) is 6.57. The van der Waals surface area contributed by atoms with Crippen LogP contribution < -0.4 is 4.90 Å². The van der Waals surface area contributed by atoms with Crippen molar-refractivity contribution in [2.24, 2.45) is 5.92 Å². The number of hydrogen-bond acceptors (Lipinski definition) is 5. The van der Waals surface area contributed by atoms with E-state index in [1.807, 2.05) is 24.9 Å². The molecule has 0 spiro atoms. The number of hydrogen-bond donors (Lipinski definition) is 0. The molecule has 0 amide bonds. The van der Waals surface area contributed by atoms with Gasteiger partial charge in [-0.05, 0) is 37.3 Å². The number of methoxy groups -OCH3 is 1. The van der Waals surface area contributed by atoms with E-state index in [2.05, 4.69) is 11.1 Å². The van der Waals surface area contributed by atoms with E-state index in [9.17, 15) is 10.1 Å². The highest BCUT2D eigenvalue weighted by Crippen LogP contribution is 2.26. The Morgan fingerprint density at radius 1 is 1.52 bits per heavy atom. The number of carbonyl (C=O) groups is 1. The maximum absolute atomic E-state index is 11.5. The molecule has 0 bridgehead atoms. The van der Waals surface area contributed by atoms with Crippen molar-refractivity contribution in [1.82, 2.24) is 4.98 Å². The molecule has 0 N–H and O–H groups in total. The number of aromatic nitrogens is 1. The first kappa shape index (κ1) is 15.3. The van der Waals surface area contributed by atoms with E-state index >= 15 is 0 Å². The zero-order valence-electron chi connectivity index (χ0n) is 12.8. The van der Waals surface area contributed by atoms with E-state index in [0.717, 1.165) is 31.4 Å². The molecule has 5 nitrogen and oxygen atoms in total. The van der Waals surface area contributed by atoms with Crippen molar-refractivity contribution in [1.29, 1.82) is 5.26 Å². The minimum absolute atomic E-state index is 0.252. The highest BCUT2D eigenvalue weighted by atomic mass is 16.5. The third-order valence-electron chi connectivity index (χ3n) is 3.91. The maximum atomic E-state index is 11.5. The third kappa shape index (κ3) is 3.33. The van der Waals surface area contributed by atoms with E-state index in [1.165, 1.54) is 12.7 Å². The van der Waals surface area contributed by atoms with Crippen molar-refractivity contribution in [2.75, 3.05) is 25.6 Å². The van der Waals surface area contributed by atoms with Crippen molar-refractivity contribution in [3.8, 4) is 6.07 Å². The van der Waals surface area contributed by atoms with Crippen LogP contribution in [0.25, 0.3) is 0 Å². The topological polar surface area (TPSA) is 66.2 Å². The zero-order chi connectivity index (χ0) is 15.4. The predicted molar refractivity (Wildman–Crippen MR) is 80.0 cm³/mol. The quantitative estimate of drug-likeness (QED) is 0.793. The van der Waals surface area contributed by atoms with Crippen LogP contribution in [0.1, 0.15) is 36.6 Å². The molecule has 1 aromatic heterocycles. The second-order valence-corrected chi connectivity index (χ2v) is 5.59. The van der Waals surface area contributed by atoms with Crippen LogP contribution in [0.15, 0.2) is 6.07 Å². The summed E-state index contributed by atoms with van der Waals surface area (Å²) in [5.41, 5.74) is 2.86. The number of carbonyl (C=O) groups excluding carboxylic acids is 1. The first-order valence-electron chi connectivity index (χ1n) is 7.28. The molecule has 1 aromatic rings. The molecule has 1 aliphatic rings. The number of anilines is 1. The summed E-state index contributed by atoms with van der Waals surface area (Å²) in [5.74, 6) is 0.150. The maximum Gasteiger partial charge on any atom is 0.310 e. The van der Waals surface area contributed by atoms with Crippen molar-refractivity contribution in [3.63, 3.8) is 0 Å². The van der Waals surface area contributed by atoms with Gasteiger partial charge in [0.25, 0.3) is 0 Å². The number of fused-ring (bicyclic) bond motifs is 1. The number of pyridine rings is 1. The molecule has 0 aromatic carbocycles. The van der Waals surface area contributed by atoms with Gasteiger partial charge < -0.3 is 9.64 Å². The molecule has 0 saturated carbocycles. The van der Waals surface area contributed by atoms with Crippen molar-refractivity contribution >= 4 is 11.8 Å². The highest BCUT2D eigenvalue weighted by Gasteiger charge is 2.21. The fourth-order valence-electron chi connectivity index (χ4n) is 2.77. The van der Waals surface area contributed by atoms with Gasteiger partial charge in [-0.1, -0.05) is 6.92 Å². The second-order valence-electron chi connectivity index (χ2n) is 5.59. The molecule has 1 heterocycles. The number of ether oxygens (including phenoxy) is 1. The number of nitriles is 1. The lowest BCUT2D eigenvalue weighted by Gasteiger charge is -2.24. The van der Waals surface area contributed by atoms with Crippen LogP contribution in [0.4, 0.5) is 5.82 Å². The molecule has 0 saturated heterocycles. The number of esters is 1. The Kier molecular flexibility index (Phi) is 4.79. The minimum atomic E-state index is -0.260. The Balaban J connectivity index is 2.26. The van der Waals surface area contributed by atoms with Crippen LogP contribution in [0.3, 0.4) is 0 Å². The van der Waals surface area contributed by atoms with Crippen molar-refractivity contribution in [3.05, 3.63) is 22.9 Å². The SMILES string of the molecule is COC(=O)C(C)CN(C)c1nc2c(cc1C#N)CCCC2. The number of rotatable bonds is 4. The van der Waals surface area contributed by atoms with Crippen LogP contribution in [-0.2, 0) is 22.4 Å². The molecule has 112 valence electrons. The summed E-state index contributed by atoms with van der Waals surface area (Å²) in [5, 5.41) is 9.35. The lowest BCUT2D eigenvalue weighted by Crippen LogP contribution is -2.30. The van der Waals surface area contributed by atoms with E-state index in [1.54, 1.807) is 0 Å². The van der Waals surface area contributed by atoms with Gasteiger partial charge in [0.05, 0.1) is 18.6 Å². The molecule has 21 heavy (non-hydrogen) atoms. The summed E-state index contributed by atoms with van der Waals surface area (Å²) < 4.78 is 4.74. The predicted octanol–water partition coefficient (Wildman–Crippen LogP) is 2.08. The summed E-state index contributed by atoms with van der Waals surface area (Å²) in [6.07, 6.45) is 4.27. The summed E-state index contributed by atoms with van der Waals surface area (Å²) in [7, 11) is 3.24. The smallest absolute Gasteiger partial charge is 0.310 e. The molecular formula is C16H21N3O2. The van der Waals surface area contributed by atoms with Gasteiger partial charge in [0.2, 0.25) is 0 Å². The normalized spacial score (nSPS) is 14.8.